The first-order valence-corrected chi connectivity index (χ1v) is 9.57. The molecule has 2 bridgehead atoms. The van der Waals surface area contributed by atoms with Crippen molar-refractivity contribution >= 4 is 11.8 Å². The highest BCUT2D eigenvalue weighted by Gasteiger charge is 2.42. The summed E-state index contributed by atoms with van der Waals surface area (Å²) in [4.78, 5) is 29.5. The zero-order chi connectivity index (χ0) is 16.5. The molecule has 2 saturated heterocycles. The molecule has 5 nitrogen and oxygen atoms in total. The molecule has 0 aromatic rings. The van der Waals surface area contributed by atoms with E-state index in [4.69, 9.17) is 4.74 Å². The number of allylic oxidation sites excluding steroid dienone is 2. The number of nitrogens with zero attached hydrogens (tertiary/aromatic N) is 2. The molecule has 0 aromatic carbocycles. The zero-order valence-electron chi connectivity index (χ0n) is 14.4. The Balaban J connectivity index is 1.43. The van der Waals surface area contributed by atoms with Gasteiger partial charge in [0.2, 0.25) is 11.8 Å². The van der Waals surface area contributed by atoms with E-state index in [1.807, 2.05) is 9.80 Å². The normalized spacial score (nSPS) is 34.2. The van der Waals surface area contributed by atoms with Crippen LogP contribution < -0.4 is 0 Å². The zero-order valence-corrected chi connectivity index (χ0v) is 14.4. The highest BCUT2D eigenvalue weighted by atomic mass is 16.5. The molecule has 132 valence electrons. The number of ether oxygens (including phenoxy) is 1. The van der Waals surface area contributed by atoms with Gasteiger partial charge in [-0.1, -0.05) is 12.2 Å². The fourth-order valence-corrected chi connectivity index (χ4v) is 4.80. The minimum atomic E-state index is 0.0766. The SMILES string of the molecule is O=C(CN(C[C@@H]1CCCO1)C(=O)[C@H]1C[C@H]2C=C[C@H]1C2)N1CCCC1. The second-order valence-corrected chi connectivity index (χ2v) is 7.83. The summed E-state index contributed by atoms with van der Waals surface area (Å²) in [7, 11) is 0. The fourth-order valence-electron chi connectivity index (χ4n) is 4.80. The summed E-state index contributed by atoms with van der Waals surface area (Å²) < 4.78 is 5.73. The molecular weight excluding hydrogens is 304 g/mol. The summed E-state index contributed by atoms with van der Waals surface area (Å²) in [5.74, 6) is 1.32. The molecule has 24 heavy (non-hydrogen) atoms. The molecule has 4 rings (SSSR count). The van der Waals surface area contributed by atoms with Crippen molar-refractivity contribution < 1.29 is 14.3 Å². The van der Waals surface area contributed by atoms with Crippen molar-refractivity contribution in [2.75, 3.05) is 32.8 Å². The van der Waals surface area contributed by atoms with Crippen molar-refractivity contribution in [3.63, 3.8) is 0 Å². The van der Waals surface area contributed by atoms with Gasteiger partial charge in [-0.2, -0.15) is 0 Å². The summed E-state index contributed by atoms with van der Waals surface area (Å²) in [5, 5.41) is 0. The smallest absolute Gasteiger partial charge is 0.242 e. The van der Waals surface area contributed by atoms with Gasteiger partial charge in [0.05, 0.1) is 12.6 Å². The second kappa shape index (κ2) is 6.87. The standard InChI is InChI=1S/C19H28N2O3/c22-18(20-7-1-2-8-20)13-21(12-16-4-3-9-24-16)19(23)17-11-14-5-6-15(17)10-14/h5-6,14-17H,1-4,7-13H2/t14-,15-,16-,17-/m0/s1. The number of amides is 2. The number of fused-ring (bicyclic) bond motifs is 2. The first kappa shape index (κ1) is 16.1. The van der Waals surface area contributed by atoms with E-state index in [1.54, 1.807) is 0 Å². The molecular formula is C19H28N2O3. The molecule has 0 unspecified atom stereocenters. The van der Waals surface area contributed by atoms with Crippen LogP contribution in [0.15, 0.2) is 12.2 Å². The lowest BCUT2D eigenvalue weighted by atomic mass is 9.92. The van der Waals surface area contributed by atoms with Gasteiger partial charge < -0.3 is 14.5 Å². The highest BCUT2D eigenvalue weighted by molar-refractivity contribution is 5.86. The van der Waals surface area contributed by atoms with Gasteiger partial charge in [-0.25, -0.2) is 0 Å². The lowest BCUT2D eigenvalue weighted by Crippen LogP contribution is -2.47. The minimum Gasteiger partial charge on any atom is -0.376 e. The number of rotatable bonds is 5. The van der Waals surface area contributed by atoms with Crippen LogP contribution in [-0.2, 0) is 14.3 Å². The average Bonchev–Trinajstić information content (AvgIpc) is 3.38. The molecule has 2 aliphatic carbocycles. The van der Waals surface area contributed by atoms with Crippen molar-refractivity contribution in [2.24, 2.45) is 17.8 Å². The molecule has 2 aliphatic heterocycles. The van der Waals surface area contributed by atoms with Crippen LogP contribution >= 0.6 is 0 Å². The summed E-state index contributed by atoms with van der Waals surface area (Å²) in [5.41, 5.74) is 0. The van der Waals surface area contributed by atoms with Crippen molar-refractivity contribution in [1.82, 2.24) is 9.80 Å². The lowest BCUT2D eigenvalue weighted by molar-refractivity contribution is -0.144. The molecule has 0 spiro atoms. The molecule has 4 aliphatic rings. The molecule has 4 atom stereocenters. The third kappa shape index (κ3) is 3.23. The minimum absolute atomic E-state index is 0.0766. The first-order valence-electron chi connectivity index (χ1n) is 9.57. The highest BCUT2D eigenvalue weighted by Crippen LogP contribution is 2.44. The Kier molecular flexibility index (Phi) is 4.61. The van der Waals surface area contributed by atoms with Crippen LogP contribution in [-0.4, -0.2) is 60.5 Å². The van der Waals surface area contributed by atoms with Gasteiger partial charge in [0, 0.05) is 32.2 Å². The van der Waals surface area contributed by atoms with Gasteiger partial charge in [-0.15, -0.1) is 0 Å². The summed E-state index contributed by atoms with van der Waals surface area (Å²) >= 11 is 0. The van der Waals surface area contributed by atoms with Gasteiger partial charge >= 0.3 is 0 Å². The summed E-state index contributed by atoms with van der Waals surface area (Å²) in [6, 6.07) is 0. The Labute approximate surface area is 144 Å². The van der Waals surface area contributed by atoms with Crippen LogP contribution in [0.2, 0.25) is 0 Å². The van der Waals surface area contributed by atoms with Crippen LogP contribution in [0.4, 0.5) is 0 Å². The van der Waals surface area contributed by atoms with Crippen LogP contribution in [0, 0.1) is 17.8 Å². The maximum atomic E-state index is 13.1. The number of hydrogen-bond donors (Lipinski definition) is 0. The van der Waals surface area contributed by atoms with E-state index in [0.717, 1.165) is 58.2 Å². The van der Waals surface area contributed by atoms with Gasteiger partial charge in [-0.05, 0) is 50.4 Å². The maximum absolute atomic E-state index is 13.1. The quantitative estimate of drug-likeness (QED) is 0.722. The van der Waals surface area contributed by atoms with E-state index < -0.39 is 0 Å². The number of likely N-dealkylation sites (tertiary alicyclic amines) is 1. The Morgan fingerprint density at radius 2 is 1.96 bits per heavy atom. The average molecular weight is 332 g/mol. The molecule has 2 heterocycles. The monoisotopic (exact) mass is 332 g/mol. The van der Waals surface area contributed by atoms with Gasteiger partial charge in [-0.3, -0.25) is 9.59 Å². The molecule has 5 heteroatoms. The molecule has 2 amide bonds. The molecule has 1 saturated carbocycles. The van der Waals surface area contributed by atoms with Crippen molar-refractivity contribution in [2.45, 2.75) is 44.6 Å². The predicted molar refractivity (Wildman–Crippen MR) is 90.2 cm³/mol. The van der Waals surface area contributed by atoms with E-state index in [9.17, 15) is 9.59 Å². The maximum Gasteiger partial charge on any atom is 0.242 e. The van der Waals surface area contributed by atoms with Crippen LogP contribution in [0.1, 0.15) is 38.5 Å². The van der Waals surface area contributed by atoms with Crippen molar-refractivity contribution in [3.05, 3.63) is 12.2 Å². The Bertz CT molecular complexity index is 521. The van der Waals surface area contributed by atoms with Crippen molar-refractivity contribution in [3.8, 4) is 0 Å². The predicted octanol–water partition coefficient (Wildman–Crippen LogP) is 1.83. The van der Waals surface area contributed by atoms with Gasteiger partial charge in [0.1, 0.15) is 0 Å². The van der Waals surface area contributed by atoms with Crippen LogP contribution in [0.5, 0.6) is 0 Å². The molecule has 0 N–H and O–H groups in total. The van der Waals surface area contributed by atoms with Crippen LogP contribution in [0.3, 0.4) is 0 Å². The summed E-state index contributed by atoms with van der Waals surface area (Å²) in [6.07, 6.45) is 10.9. The Morgan fingerprint density at radius 3 is 2.58 bits per heavy atom. The molecule has 0 aromatic heterocycles. The summed E-state index contributed by atoms with van der Waals surface area (Å²) in [6.45, 7) is 3.28. The fraction of sp³-hybridized carbons (Fsp3) is 0.789. The number of carbonyl (C=O) groups excluding carboxylic acids is 2. The third-order valence-electron chi connectivity index (χ3n) is 6.14. The van der Waals surface area contributed by atoms with Gasteiger partial charge in [0.25, 0.3) is 0 Å². The van der Waals surface area contributed by atoms with E-state index in [0.29, 0.717) is 18.4 Å². The third-order valence-corrected chi connectivity index (χ3v) is 6.14. The number of hydrogen-bond acceptors (Lipinski definition) is 3. The Morgan fingerprint density at radius 1 is 1.12 bits per heavy atom. The van der Waals surface area contributed by atoms with Crippen LogP contribution in [0.25, 0.3) is 0 Å². The van der Waals surface area contributed by atoms with E-state index in [1.165, 1.54) is 0 Å². The topological polar surface area (TPSA) is 49.9 Å². The Hall–Kier alpha value is -1.36. The van der Waals surface area contributed by atoms with E-state index >= 15 is 0 Å². The van der Waals surface area contributed by atoms with Gasteiger partial charge in [0.15, 0.2) is 0 Å². The lowest BCUT2D eigenvalue weighted by Gasteiger charge is -2.31. The van der Waals surface area contributed by atoms with Crippen molar-refractivity contribution in [1.29, 1.82) is 0 Å². The molecule has 3 fully saturated rings. The largest absolute Gasteiger partial charge is 0.376 e. The second-order valence-electron chi connectivity index (χ2n) is 7.83. The molecule has 0 radical (unpaired) electrons. The first-order chi connectivity index (χ1) is 11.7. The number of carbonyl (C=O) groups is 2. The van der Waals surface area contributed by atoms with E-state index in [-0.39, 0.29) is 30.4 Å². The van der Waals surface area contributed by atoms with E-state index in [2.05, 4.69) is 12.2 Å².